The highest BCUT2D eigenvalue weighted by atomic mass is 35.5. The van der Waals surface area contributed by atoms with Crippen molar-refractivity contribution in [1.82, 2.24) is 4.31 Å². The third kappa shape index (κ3) is 3.35. The van der Waals surface area contributed by atoms with Gasteiger partial charge in [-0.2, -0.15) is 0 Å². The predicted octanol–water partition coefficient (Wildman–Crippen LogP) is 3.11. The van der Waals surface area contributed by atoms with Gasteiger partial charge in [0, 0.05) is 24.5 Å². The van der Waals surface area contributed by atoms with E-state index in [1.54, 1.807) is 13.1 Å². The average molecular weight is 296 g/mol. The second-order valence-corrected chi connectivity index (χ2v) is 6.43. The highest BCUT2D eigenvalue weighted by Gasteiger charge is 2.20. The normalized spacial score (nSPS) is 12.1. The summed E-state index contributed by atoms with van der Waals surface area (Å²) in [7, 11) is -1.87. The molecular weight excluding hydrogens is 281 g/mol. The Morgan fingerprint density at radius 1 is 1.35 bits per heavy atom. The van der Waals surface area contributed by atoms with E-state index in [-0.39, 0.29) is 10.8 Å². The van der Waals surface area contributed by atoms with Crippen LogP contribution in [0.1, 0.15) is 18.9 Å². The van der Waals surface area contributed by atoms with Crippen LogP contribution >= 0.6 is 23.2 Å². The third-order valence-electron chi connectivity index (χ3n) is 2.41. The molecule has 17 heavy (non-hydrogen) atoms. The molecule has 0 aliphatic rings. The van der Waals surface area contributed by atoms with Gasteiger partial charge in [0.05, 0.1) is 4.90 Å². The Balaban J connectivity index is 3.15. The summed E-state index contributed by atoms with van der Waals surface area (Å²) in [4.78, 5) is 0.230. The molecule has 96 valence electrons. The molecule has 0 unspecified atom stereocenters. The van der Waals surface area contributed by atoms with Crippen molar-refractivity contribution >= 4 is 33.2 Å². The van der Waals surface area contributed by atoms with Crippen LogP contribution in [-0.4, -0.2) is 26.3 Å². The number of sulfonamides is 1. The summed E-state index contributed by atoms with van der Waals surface area (Å²) in [6.45, 7) is 2.42. The molecule has 0 atom stereocenters. The molecule has 0 heterocycles. The molecule has 0 spiro atoms. The van der Waals surface area contributed by atoms with Crippen molar-refractivity contribution in [3.05, 3.63) is 28.8 Å². The van der Waals surface area contributed by atoms with Gasteiger partial charge in [-0.15, -0.1) is 11.6 Å². The average Bonchev–Trinajstić information content (AvgIpc) is 2.29. The van der Waals surface area contributed by atoms with Gasteiger partial charge in [0.2, 0.25) is 10.0 Å². The summed E-state index contributed by atoms with van der Waals surface area (Å²) in [5.41, 5.74) is 0.624. The fourth-order valence-electron chi connectivity index (χ4n) is 1.43. The molecule has 0 aromatic heterocycles. The zero-order chi connectivity index (χ0) is 13.1. The van der Waals surface area contributed by atoms with Gasteiger partial charge < -0.3 is 0 Å². The quantitative estimate of drug-likeness (QED) is 0.783. The van der Waals surface area contributed by atoms with Crippen molar-refractivity contribution in [1.29, 1.82) is 0 Å². The molecule has 1 aromatic rings. The molecule has 0 N–H and O–H groups in total. The molecule has 0 saturated heterocycles. The van der Waals surface area contributed by atoms with E-state index in [1.807, 2.05) is 6.92 Å². The molecule has 6 heteroatoms. The summed E-state index contributed by atoms with van der Waals surface area (Å²) in [5, 5.41) is 0.483. The SMILES string of the molecule is CCCN(C)S(=O)(=O)c1ccc(Cl)c(CCl)c1. The largest absolute Gasteiger partial charge is 0.242 e. The lowest BCUT2D eigenvalue weighted by Crippen LogP contribution is -2.27. The molecule has 3 nitrogen and oxygen atoms in total. The number of rotatable bonds is 5. The Hall–Kier alpha value is -0.290. The summed E-state index contributed by atoms with van der Waals surface area (Å²) in [6.07, 6.45) is 0.770. The summed E-state index contributed by atoms with van der Waals surface area (Å²) in [5.74, 6) is 0.194. The maximum Gasteiger partial charge on any atom is 0.242 e. The van der Waals surface area contributed by atoms with Crippen molar-refractivity contribution in [2.24, 2.45) is 0 Å². The Morgan fingerprint density at radius 2 is 2.00 bits per heavy atom. The van der Waals surface area contributed by atoms with E-state index in [0.29, 0.717) is 17.1 Å². The van der Waals surface area contributed by atoms with E-state index in [1.165, 1.54) is 16.4 Å². The number of halogens is 2. The summed E-state index contributed by atoms with van der Waals surface area (Å²) >= 11 is 11.6. The topological polar surface area (TPSA) is 37.4 Å². The van der Waals surface area contributed by atoms with Crippen LogP contribution in [0.2, 0.25) is 5.02 Å². The van der Waals surface area contributed by atoms with Crippen molar-refractivity contribution in [2.45, 2.75) is 24.1 Å². The van der Waals surface area contributed by atoms with Gasteiger partial charge >= 0.3 is 0 Å². The van der Waals surface area contributed by atoms with Crippen LogP contribution in [0.25, 0.3) is 0 Å². The zero-order valence-corrected chi connectivity index (χ0v) is 12.1. The van der Waals surface area contributed by atoms with Gasteiger partial charge in [0.15, 0.2) is 0 Å². The monoisotopic (exact) mass is 295 g/mol. The second kappa shape index (κ2) is 6.05. The molecule has 0 aliphatic heterocycles. The smallest absolute Gasteiger partial charge is 0.207 e. The fraction of sp³-hybridized carbons (Fsp3) is 0.455. The Kier molecular flexibility index (Phi) is 5.25. The molecule has 0 bridgehead atoms. The van der Waals surface area contributed by atoms with Crippen LogP contribution < -0.4 is 0 Å². The summed E-state index contributed by atoms with van der Waals surface area (Å²) < 4.78 is 25.6. The van der Waals surface area contributed by atoms with E-state index in [4.69, 9.17) is 23.2 Å². The van der Waals surface area contributed by atoms with E-state index >= 15 is 0 Å². The molecule has 1 aromatic carbocycles. The lowest BCUT2D eigenvalue weighted by atomic mass is 10.2. The number of hydrogen-bond donors (Lipinski definition) is 0. The lowest BCUT2D eigenvalue weighted by molar-refractivity contribution is 0.468. The van der Waals surface area contributed by atoms with Crippen LogP contribution in [0.5, 0.6) is 0 Å². The van der Waals surface area contributed by atoms with Crippen LogP contribution in [0.15, 0.2) is 23.1 Å². The molecule has 0 radical (unpaired) electrons. The molecule has 0 fully saturated rings. The molecule has 1 rings (SSSR count). The van der Waals surface area contributed by atoms with Gasteiger partial charge in [-0.25, -0.2) is 12.7 Å². The van der Waals surface area contributed by atoms with Gasteiger partial charge in [0.1, 0.15) is 0 Å². The first kappa shape index (κ1) is 14.8. The van der Waals surface area contributed by atoms with Gasteiger partial charge in [-0.1, -0.05) is 18.5 Å². The van der Waals surface area contributed by atoms with Crippen molar-refractivity contribution in [3.63, 3.8) is 0 Å². The first-order valence-electron chi connectivity index (χ1n) is 5.24. The second-order valence-electron chi connectivity index (χ2n) is 3.71. The molecule has 0 saturated carbocycles. The Bertz CT molecular complexity index is 488. The van der Waals surface area contributed by atoms with Crippen LogP contribution in [0.4, 0.5) is 0 Å². The predicted molar refractivity (Wildman–Crippen MR) is 71.1 cm³/mol. The minimum absolute atomic E-state index is 0.194. The molecular formula is C11H15Cl2NO2S. The maximum absolute atomic E-state index is 12.1. The zero-order valence-electron chi connectivity index (χ0n) is 9.78. The van der Waals surface area contributed by atoms with Crippen molar-refractivity contribution < 1.29 is 8.42 Å². The number of alkyl halides is 1. The van der Waals surface area contributed by atoms with Crippen molar-refractivity contribution in [3.8, 4) is 0 Å². The first-order chi connectivity index (χ1) is 7.93. The van der Waals surface area contributed by atoms with E-state index in [9.17, 15) is 8.42 Å². The van der Waals surface area contributed by atoms with Crippen LogP contribution in [0.3, 0.4) is 0 Å². The van der Waals surface area contributed by atoms with Gasteiger partial charge in [0.25, 0.3) is 0 Å². The minimum atomic E-state index is -3.43. The van der Waals surface area contributed by atoms with E-state index in [0.717, 1.165) is 6.42 Å². The Labute approximate surface area is 112 Å². The first-order valence-corrected chi connectivity index (χ1v) is 7.59. The molecule has 0 aliphatic carbocycles. The number of nitrogens with zero attached hydrogens (tertiary/aromatic N) is 1. The van der Waals surface area contributed by atoms with E-state index < -0.39 is 10.0 Å². The highest BCUT2D eigenvalue weighted by Crippen LogP contribution is 2.23. The number of benzene rings is 1. The van der Waals surface area contributed by atoms with E-state index in [2.05, 4.69) is 0 Å². The lowest BCUT2D eigenvalue weighted by Gasteiger charge is -2.16. The van der Waals surface area contributed by atoms with Crippen LogP contribution in [-0.2, 0) is 15.9 Å². The Morgan fingerprint density at radius 3 is 2.53 bits per heavy atom. The minimum Gasteiger partial charge on any atom is -0.207 e. The highest BCUT2D eigenvalue weighted by molar-refractivity contribution is 7.89. The van der Waals surface area contributed by atoms with Crippen LogP contribution in [0, 0.1) is 0 Å². The standard InChI is InChI=1S/C11H15Cl2NO2S/c1-3-6-14(2)17(15,16)10-4-5-11(13)9(7-10)8-12/h4-5,7H,3,6,8H2,1-2H3. The van der Waals surface area contributed by atoms with Gasteiger partial charge in [-0.05, 0) is 30.2 Å². The maximum atomic E-state index is 12.1. The van der Waals surface area contributed by atoms with Gasteiger partial charge in [-0.3, -0.25) is 0 Å². The fourth-order valence-corrected chi connectivity index (χ4v) is 3.22. The summed E-state index contributed by atoms with van der Waals surface area (Å²) in [6, 6.07) is 4.59. The number of hydrogen-bond acceptors (Lipinski definition) is 2. The van der Waals surface area contributed by atoms with Crippen molar-refractivity contribution in [2.75, 3.05) is 13.6 Å². The third-order valence-corrected chi connectivity index (χ3v) is 4.92. The molecule has 0 amide bonds.